The number of carbonyl (C=O) groups excluding carboxylic acids is 1. The van der Waals surface area contributed by atoms with Crippen LogP contribution < -0.4 is 11.3 Å². The second-order valence-electron chi connectivity index (χ2n) is 5.04. The normalized spacial score (nSPS) is 16.1. The standard InChI is InChI=1S/C14H16N4O/c1-18-9-11(8-16-18)10-2-4-12(5-3-10)14(6-7-14)13(19)17-15/h2-5,8-9H,6-7,15H2,1H3,(H,17,19). The van der Waals surface area contributed by atoms with Crippen molar-refractivity contribution in [2.24, 2.45) is 12.9 Å². The minimum absolute atomic E-state index is 0.0957. The van der Waals surface area contributed by atoms with Crippen molar-refractivity contribution in [3.63, 3.8) is 0 Å². The molecule has 1 aliphatic carbocycles. The van der Waals surface area contributed by atoms with Gasteiger partial charge in [-0.25, -0.2) is 5.84 Å². The topological polar surface area (TPSA) is 72.9 Å². The molecule has 3 rings (SSSR count). The smallest absolute Gasteiger partial charge is 0.244 e. The number of nitrogens with two attached hydrogens (primary N) is 1. The van der Waals surface area contributed by atoms with Gasteiger partial charge in [0.05, 0.1) is 11.6 Å². The zero-order valence-electron chi connectivity index (χ0n) is 10.8. The molecule has 5 heteroatoms. The lowest BCUT2D eigenvalue weighted by Crippen LogP contribution is -2.39. The van der Waals surface area contributed by atoms with Gasteiger partial charge in [-0.1, -0.05) is 24.3 Å². The van der Waals surface area contributed by atoms with Gasteiger partial charge in [-0.15, -0.1) is 0 Å². The first kappa shape index (κ1) is 11.9. The quantitative estimate of drug-likeness (QED) is 0.491. The molecule has 1 heterocycles. The van der Waals surface area contributed by atoms with Gasteiger partial charge in [-0.05, 0) is 24.0 Å². The molecule has 1 aromatic heterocycles. The molecule has 1 amide bonds. The summed E-state index contributed by atoms with van der Waals surface area (Å²) in [6, 6.07) is 8.06. The first-order valence-electron chi connectivity index (χ1n) is 6.26. The molecule has 0 radical (unpaired) electrons. The van der Waals surface area contributed by atoms with E-state index in [2.05, 4.69) is 10.5 Å². The molecule has 0 spiro atoms. The third-order valence-corrected chi connectivity index (χ3v) is 3.79. The third-order valence-electron chi connectivity index (χ3n) is 3.79. The Balaban J connectivity index is 1.90. The van der Waals surface area contributed by atoms with E-state index in [1.807, 2.05) is 43.7 Å². The number of nitrogens with zero attached hydrogens (tertiary/aromatic N) is 2. The van der Waals surface area contributed by atoms with Crippen LogP contribution in [0.15, 0.2) is 36.7 Å². The van der Waals surface area contributed by atoms with Gasteiger partial charge in [0.1, 0.15) is 0 Å². The van der Waals surface area contributed by atoms with Crippen molar-refractivity contribution in [3.8, 4) is 11.1 Å². The molecule has 0 bridgehead atoms. The summed E-state index contributed by atoms with van der Waals surface area (Å²) in [4.78, 5) is 11.8. The van der Waals surface area contributed by atoms with Crippen LogP contribution in [-0.4, -0.2) is 15.7 Å². The number of hydrazine groups is 1. The summed E-state index contributed by atoms with van der Waals surface area (Å²) in [7, 11) is 1.89. The fourth-order valence-corrected chi connectivity index (χ4v) is 2.46. The predicted molar refractivity (Wildman–Crippen MR) is 71.9 cm³/mol. The molecule has 0 saturated heterocycles. The Morgan fingerprint density at radius 2 is 2.00 bits per heavy atom. The van der Waals surface area contributed by atoms with Crippen LogP contribution in [0.2, 0.25) is 0 Å². The van der Waals surface area contributed by atoms with Crippen LogP contribution in [0.1, 0.15) is 18.4 Å². The van der Waals surface area contributed by atoms with Crippen LogP contribution in [0, 0.1) is 0 Å². The monoisotopic (exact) mass is 256 g/mol. The summed E-state index contributed by atoms with van der Waals surface area (Å²) in [5.41, 5.74) is 5.06. The summed E-state index contributed by atoms with van der Waals surface area (Å²) in [5.74, 6) is 5.15. The average molecular weight is 256 g/mol. The molecule has 2 aromatic rings. The number of aryl methyl sites for hydroxylation is 1. The Morgan fingerprint density at radius 3 is 2.47 bits per heavy atom. The zero-order valence-corrected chi connectivity index (χ0v) is 10.8. The van der Waals surface area contributed by atoms with Crippen LogP contribution >= 0.6 is 0 Å². The Bertz CT molecular complexity index is 611. The number of amides is 1. The van der Waals surface area contributed by atoms with Gasteiger partial charge in [0.15, 0.2) is 0 Å². The number of hydrogen-bond acceptors (Lipinski definition) is 3. The van der Waals surface area contributed by atoms with Gasteiger partial charge in [-0.3, -0.25) is 14.9 Å². The van der Waals surface area contributed by atoms with E-state index in [4.69, 9.17) is 5.84 Å². The minimum Gasteiger partial charge on any atom is -0.293 e. The number of hydrogen-bond donors (Lipinski definition) is 2. The Kier molecular flexibility index (Phi) is 2.64. The van der Waals surface area contributed by atoms with Crippen molar-refractivity contribution in [3.05, 3.63) is 42.2 Å². The Morgan fingerprint density at radius 1 is 1.32 bits per heavy atom. The highest BCUT2D eigenvalue weighted by Crippen LogP contribution is 2.48. The van der Waals surface area contributed by atoms with E-state index in [1.165, 1.54) is 0 Å². The van der Waals surface area contributed by atoms with E-state index in [-0.39, 0.29) is 5.91 Å². The van der Waals surface area contributed by atoms with Crippen LogP contribution in [-0.2, 0) is 17.3 Å². The van der Waals surface area contributed by atoms with Gasteiger partial charge >= 0.3 is 0 Å². The molecule has 0 atom stereocenters. The lowest BCUT2D eigenvalue weighted by molar-refractivity contribution is -0.123. The predicted octanol–water partition coefficient (Wildman–Crippen LogP) is 1.11. The number of carbonyl (C=O) groups is 1. The van der Waals surface area contributed by atoms with Crippen molar-refractivity contribution >= 4 is 5.91 Å². The maximum absolute atomic E-state index is 11.8. The van der Waals surface area contributed by atoms with E-state index < -0.39 is 5.41 Å². The molecule has 98 valence electrons. The van der Waals surface area contributed by atoms with Gasteiger partial charge in [0.25, 0.3) is 0 Å². The van der Waals surface area contributed by atoms with Gasteiger partial charge in [0, 0.05) is 18.8 Å². The number of rotatable bonds is 3. The molecular weight excluding hydrogens is 240 g/mol. The molecule has 19 heavy (non-hydrogen) atoms. The molecule has 5 nitrogen and oxygen atoms in total. The fourth-order valence-electron chi connectivity index (χ4n) is 2.46. The largest absolute Gasteiger partial charge is 0.293 e. The summed E-state index contributed by atoms with van der Waals surface area (Å²) in [5, 5.41) is 4.15. The third kappa shape index (κ3) is 1.92. The molecular formula is C14H16N4O. The maximum atomic E-state index is 11.8. The first-order valence-corrected chi connectivity index (χ1v) is 6.26. The Hall–Kier alpha value is -2.14. The van der Waals surface area contributed by atoms with E-state index in [9.17, 15) is 4.79 Å². The van der Waals surface area contributed by atoms with E-state index >= 15 is 0 Å². The van der Waals surface area contributed by atoms with Crippen molar-refractivity contribution in [2.45, 2.75) is 18.3 Å². The van der Waals surface area contributed by atoms with E-state index in [0.717, 1.165) is 29.5 Å². The van der Waals surface area contributed by atoms with Crippen molar-refractivity contribution in [1.29, 1.82) is 0 Å². The van der Waals surface area contributed by atoms with Crippen LogP contribution in [0.3, 0.4) is 0 Å². The van der Waals surface area contributed by atoms with Gasteiger partial charge in [-0.2, -0.15) is 5.10 Å². The molecule has 1 aromatic carbocycles. The fraction of sp³-hybridized carbons (Fsp3) is 0.286. The van der Waals surface area contributed by atoms with E-state index in [0.29, 0.717) is 0 Å². The molecule has 1 saturated carbocycles. The molecule has 1 aliphatic rings. The second-order valence-corrected chi connectivity index (χ2v) is 5.04. The van der Waals surface area contributed by atoms with Crippen molar-refractivity contribution < 1.29 is 4.79 Å². The van der Waals surface area contributed by atoms with Crippen LogP contribution in [0.25, 0.3) is 11.1 Å². The highest BCUT2D eigenvalue weighted by atomic mass is 16.2. The first-order chi connectivity index (χ1) is 9.15. The summed E-state index contributed by atoms with van der Waals surface area (Å²) < 4.78 is 1.77. The molecule has 1 fully saturated rings. The van der Waals surface area contributed by atoms with Crippen molar-refractivity contribution in [2.75, 3.05) is 0 Å². The summed E-state index contributed by atoms with van der Waals surface area (Å²) >= 11 is 0. The minimum atomic E-state index is -0.401. The zero-order chi connectivity index (χ0) is 13.5. The maximum Gasteiger partial charge on any atom is 0.244 e. The lowest BCUT2D eigenvalue weighted by atomic mass is 9.93. The highest BCUT2D eigenvalue weighted by molar-refractivity contribution is 5.91. The Labute approximate surface area is 111 Å². The number of nitrogens with one attached hydrogen (secondary N) is 1. The highest BCUT2D eigenvalue weighted by Gasteiger charge is 2.50. The molecule has 3 N–H and O–H groups in total. The second kappa shape index (κ2) is 4.20. The van der Waals surface area contributed by atoms with Gasteiger partial charge < -0.3 is 0 Å². The number of aromatic nitrogens is 2. The van der Waals surface area contributed by atoms with Crippen LogP contribution in [0.4, 0.5) is 0 Å². The average Bonchev–Trinajstić information content (AvgIpc) is 3.15. The lowest BCUT2D eigenvalue weighted by Gasteiger charge is -2.13. The van der Waals surface area contributed by atoms with Crippen LogP contribution in [0.5, 0.6) is 0 Å². The molecule has 0 aliphatic heterocycles. The summed E-state index contributed by atoms with van der Waals surface area (Å²) in [6.45, 7) is 0. The van der Waals surface area contributed by atoms with E-state index in [1.54, 1.807) is 4.68 Å². The number of benzene rings is 1. The summed E-state index contributed by atoms with van der Waals surface area (Å²) in [6.07, 6.45) is 5.52. The van der Waals surface area contributed by atoms with Gasteiger partial charge in [0.2, 0.25) is 5.91 Å². The molecule has 0 unspecified atom stereocenters. The SMILES string of the molecule is Cn1cc(-c2ccc(C3(C(=O)NN)CC3)cc2)cn1. The van der Waals surface area contributed by atoms with Crippen molar-refractivity contribution in [1.82, 2.24) is 15.2 Å².